The predicted octanol–water partition coefficient (Wildman–Crippen LogP) is 3.41. The molecule has 0 aromatic heterocycles. The minimum absolute atomic E-state index is 0.864. The summed E-state index contributed by atoms with van der Waals surface area (Å²) in [4.78, 5) is 0. The van der Waals surface area contributed by atoms with Gasteiger partial charge in [-0.2, -0.15) is 0 Å². The zero-order valence-electron chi connectivity index (χ0n) is 11.9. The first kappa shape index (κ1) is 13.0. The third kappa shape index (κ3) is 3.50. The predicted molar refractivity (Wildman–Crippen MR) is 78.6 cm³/mol. The van der Waals surface area contributed by atoms with Gasteiger partial charge in [-0.1, -0.05) is 12.1 Å². The molecule has 0 aliphatic heterocycles. The van der Waals surface area contributed by atoms with Crippen molar-refractivity contribution in [2.75, 3.05) is 13.7 Å². The van der Waals surface area contributed by atoms with Gasteiger partial charge in [-0.05, 0) is 74.6 Å². The highest BCUT2D eigenvalue weighted by Crippen LogP contribution is 2.37. The van der Waals surface area contributed by atoms with E-state index in [1.54, 1.807) is 7.11 Å². The quantitative estimate of drug-likeness (QED) is 0.810. The smallest absolute Gasteiger partial charge is 0.118 e. The SMILES string of the molecule is COc1ccc(CCC2CCC2CNC2CC2)cc1. The lowest BCUT2D eigenvalue weighted by Crippen LogP contribution is -2.36. The first-order valence-corrected chi connectivity index (χ1v) is 7.71. The fourth-order valence-electron chi connectivity index (χ4n) is 3.04. The molecule has 1 N–H and O–H groups in total. The van der Waals surface area contributed by atoms with E-state index in [0.717, 1.165) is 23.6 Å². The van der Waals surface area contributed by atoms with E-state index < -0.39 is 0 Å². The average Bonchev–Trinajstić information content (AvgIpc) is 3.23. The van der Waals surface area contributed by atoms with Crippen LogP contribution in [0.1, 0.15) is 37.7 Å². The summed E-state index contributed by atoms with van der Waals surface area (Å²) in [6, 6.07) is 9.41. The highest BCUT2D eigenvalue weighted by Gasteiger charge is 2.31. The number of benzene rings is 1. The second-order valence-electron chi connectivity index (χ2n) is 6.17. The van der Waals surface area contributed by atoms with Crippen LogP contribution in [0.3, 0.4) is 0 Å². The number of ether oxygens (including phenoxy) is 1. The van der Waals surface area contributed by atoms with Crippen molar-refractivity contribution in [3.8, 4) is 5.75 Å². The van der Waals surface area contributed by atoms with Gasteiger partial charge in [0.2, 0.25) is 0 Å². The largest absolute Gasteiger partial charge is 0.497 e. The molecular formula is C17H25NO. The molecular weight excluding hydrogens is 234 g/mol. The highest BCUT2D eigenvalue weighted by molar-refractivity contribution is 5.27. The van der Waals surface area contributed by atoms with Crippen molar-refractivity contribution in [3.05, 3.63) is 29.8 Å². The first-order chi connectivity index (χ1) is 9.35. The van der Waals surface area contributed by atoms with E-state index in [0.29, 0.717) is 0 Å². The Morgan fingerprint density at radius 2 is 1.79 bits per heavy atom. The average molecular weight is 259 g/mol. The lowest BCUT2D eigenvalue weighted by molar-refractivity contribution is 0.160. The zero-order chi connectivity index (χ0) is 13.1. The normalized spacial score (nSPS) is 25.9. The van der Waals surface area contributed by atoms with Crippen LogP contribution in [0.15, 0.2) is 24.3 Å². The Morgan fingerprint density at radius 1 is 1.05 bits per heavy atom. The Hall–Kier alpha value is -1.02. The van der Waals surface area contributed by atoms with Gasteiger partial charge in [-0.25, -0.2) is 0 Å². The minimum atomic E-state index is 0.864. The molecule has 2 heteroatoms. The van der Waals surface area contributed by atoms with E-state index in [4.69, 9.17) is 4.74 Å². The summed E-state index contributed by atoms with van der Waals surface area (Å²) in [5.41, 5.74) is 1.45. The van der Waals surface area contributed by atoms with Crippen molar-refractivity contribution in [3.63, 3.8) is 0 Å². The minimum Gasteiger partial charge on any atom is -0.497 e. The molecule has 1 aromatic rings. The van der Waals surface area contributed by atoms with E-state index in [9.17, 15) is 0 Å². The Morgan fingerprint density at radius 3 is 2.37 bits per heavy atom. The van der Waals surface area contributed by atoms with Crippen LogP contribution in [-0.4, -0.2) is 19.7 Å². The van der Waals surface area contributed by atoms with E-state index in [1.807, 2.05) is 0 Å². The van der Waals surface area contributed by atoms with Crippen molar-refractivity contribution in [2.24, 2.45) is 11.8 Å². The standard InChI is InChI=1S/C17H25NO/c1-19-17-10-3-13(4-11-17)2-5-14-6-7-15(14)12-18-16-8-9-16/h3-4,10-11,14-16,18H,2,5-9,12H2,1H3. The van der Waals surface area contributed by atoms with Crippen LogP contribution in [0.25, 0.3) is 0 Å². The summed E-state index contributed by atoms with van der Waals surface area (Å²) in [7, 11) is 1.72. The molecule has 3 rings (SSSR count). The molecule has 0 heterocycles. The fraction of sp³-hybridized carbons (Fsp3) is 0.647. The highest BCUT2D eigenvalue weighted by atomic mass is 16.5. The van der Waals surface area contributed by atoms with Gasteiger partial charge >= 0.3 is 0 Å². The van der Waals surface area contributed by atoms with Crippen LogP contribution in [0.2, 0.25) is 0 Å². The number of hydrogen-bond donors (Lipinski definition) is 1. The molecule has 2 unspecified atom stereocenters. The zero-order valence-corrected chi connectivity index (χ0v) is 11.9. The Labute approximate surface area is 116 Å². The van der Waals surface area contributed by atoms with Gasteiger partial charge in [-0.3, -0.25) is 0 Å². The maximum Gasteiger partial charge on any atom is 0.118 e. The second kappa shape index (κ2) is 5.96. The summed E-state index contributed by atoms with van der Waals surface area (Å²) in [5, 5.41) is 3.69. The maximum absolute atomic E-state index is 5.20. The molecule has 2 fully saturated rings. The molecule has 0 spiro atoms. The van der Waals surface area contributed by atoms with Crippen molar-refractivity contribution >= 4 is 0 Å². The van der Waals surface area contributed by atoms with Crippen molar-refractivity contribution < 1.29 is 4.74 Å². The summed E-state index contributed by atoms with van der Waals surface area (Å²) in [5.74, 6) is 2.85. The molecule has 2 atom stereocenters. The van der Waals surface area contributed by atoms with Crippen LogP contribution in [0, 0.1) is 11.8 Å². The summed E-state index contributed by atoms with van der Waals surface area (Å²) < 4.78 is 5.20. The van der Waals surface area contributed by atoms with Crippen LogP contribution >= 0.6 is 0 Å². The van der Waals surface area contributed by atoms with E-state index in [1.165, 1.54) is 50.6 Å². The summed E-state index contributed by atoms with van der Waals surface area (Å²) in [6.07, 6.45) is 8.25. The number of methoxy groups -OCH3 is 1. The van der Waals surface area contributed by atoms with Gasteiger partial charge < -0.3 is 10.1 Å². The van der Waals surface area contributed by atoms with Crippen LogP contribution in [0.5, 0.6) is 5.75 Å². The molecule has 0 saturated heterocycles. The molecule has 2 saturated carbocycles. The molecule has 2 aliphatic rings. The van der Waals surface area contributed by atoms with Crippen LogP contribution < -0.4 is 10.1 Å². The molecule has 19 heavy (non-hydrogen) atoms. The van der Waals surface area contributed by atoms with Gasteiger partial charge in [0.15, 0.2) is 0 Å². The molecule has 0 radical (unpaired) electrons. The molecule has 104 valence electrons. The van der Waals surface area contributed by atoms with Crippen LogP contribution in [-0.2, 0) is 6.42 Å². The monoisotopic (exact) mass is 259 g/mol. The molecule has 2 nitrogen and oxygen atoms in total. The molecule has 1 aromatic carbocycles. The van der Waals surface area contributed by atoms with Crippen molar-refractivity contribution in [2.45, 2.75) is 44.6 Å². The van der Waals surface area contributed by atoms with Gasteiger partial charge in [0, 0.05) is 6.04 Å². The fourth-order valence-corrected chi connectivity index (χ4v) is 3.04. The van der Waals surface area contributed by atoms with E-state index in [2.05, 4.69) is 29.6 Å². The van der Waals surface area contributed by atoms with Crippen molar-refractivity contribution in [1.82, 2.24) is 5.32 Å². The lowest BCUT2D eigenvalue weighted by atomic mass is 9.71. The van der Waals surface area contributed by atoms with Crippen LogP contribution in [0.4, 0.5) is 0 Å². The summed E-state index contributed by atoms with van der Waals surface area (Å²) >= 11 is 0. The Balaban J connectivity index is 1.40. The lowest BCUT2D eigenvalue weighted by Gasteiger charge is -2.37. The number of rotatable bonds is 7. The summed E-state index contributed by atoms with van der Waals surface area (Å²) in [6.45, 7) is 1.26. The molecule has 2 aliphatic carbocycles. The maximum atomic E-state index is 5.20. The number of nitrogens with one attached hydrogen (secondary N) is 1. The number of hydrogen-bond acceptors (Lipinski definition) is 2. The van der Waals surface area contributed by atoms with Gasteiger partial charge in [0.1, 0.15) is 5.75 Å². The third-order valence-electron chi connectivity index (χ3n) is 4.78. The van der Waals surface area contributed by atoms with Gasteiger partial charge in [-0.15, -0.1) is 0 Å². The molecule has 0 bridgehead atoms. The van der Waals surface area contributed by atoms with Gasteiger partial charge in [0.25, 0.3) is 0 Å². The Bertz CT molecular complexity index is 396. The third-order valence-corrected chi connectivity index (χ3v) is 4.78. The van der Waals surface area contributed by atoms with Gasteiger partial charge in [0.05, 0.1) is 7.11 Å². The second-order valence-corrected chi connectivity index (χ2v) is 6.17. The topological polar surface area (TPSA) is 21.3 Å². The molecule has 0 amide bonds. The van der Waals surface area contributed by atoms with E-state index in [-0.39, 0.29) is 0 Å². The first-order valence-electron chi connectivity index (χ1n) is 7.71. The Kier molecular flexibility index (Phi) is 4.07. The van der Waals surface area contributed by atoms with E-state index >= 15 is 0 Å². The van der Waals surface area contributed by atoms with Crippen molar-refractivity contribution in [1.29, 1.82) is 0 Å². The number of aryl methyl sites for hydroxylation is 1.